The van der Waals surface area contributed by atoms with E-state index in [1.807, 2.05) is 44.2 Å². The zero-order valence-electron chi connectivity index (χ0n) is 18.2. The minimum absolute atomic E-state index is 0.157. The summed E-state index contributed by atoms with van der Waals surface area (Å²) >= 11 is 0. The Kier molecular flexibility index (Phi) is 5.98. The smallest absolute Gasteiger partial charge is 0.319 e. The monoisotopic (exact) mass is 435 g/mol. The maximum atomic E-state index is 13.0. The third kappa shape index (κ3) is 4.09. The van der Waals surface area contributed by atoms with E-state index in [4.69, 9.17) is 9.47 Å². The number of urea groups is 1. The number of H-pyrrole nitrogens is 1. The molecule has 0 radical (unpaired) electrons. The number of anilines is 1. The first-order valence-electron chi connectivity index (χ1n) is 10.4. The van der Waals surface area contributed by atoms with Gasteiger partial charge in [0.15, 0.2) is 11.5 Å². The second kappa shape index (κ2) is 9.01. The predicted octanol–water partition coefficient (Wildman–Crippen LogP) is 3.55. The fourth-order valence-electron chi connectivity index (χ4n) is 3.68. The standard InChI is InChI=1S/C23H25N5O4/c1-4-31-19-9-6-14(10-20(19)32-5-2)21-16-12-25-28-17(16)7-8-18(21)27-22(29)15-11-24-23(30)26-13(15)3/h6-10,12H,4-5,11H2,1-3H3,(H,25,28)(H,27,29)(H2,24,26,30). The average molecular weight is 435 g/mol. The molecule has 0 saturated heterocycles. The first-order chi connectivity index (χ1) is 15.5. The number of nitrogens with one attached hydrogen (secondary N) is 4. The Morgan fingerprint density at radius 1 is 1.12 bits per heavy atom. The van der Waals surface area contributed by atoms with E-state index >= 15 is 0 Å². The summed E-state index contributed by atoms with van der Waals surface area (Å²) in [4.78, 5) is 24.5. The Bertz CT molecular complexity index is 1210. The second-order valence-electron chi connectivity index (χ2n) is 7.21. The Morgan fingerprint density at radius 3 is 2.66 bits per heavy atom. The van der Waals surface area contributed by atoms with Crippen molar-refractivity contribution in [2.45, 2.75) is 20.8 Å². The molecule has 0 aliphatic carbocycles. The normalized spacial score (nSPS) is 13.5. The number of hydrogen-bond acceptors (Lipinski definition) is 5. The van der Waals surface area contributed by atoms with Crippen LogP contribution in [0.25, 0.3) is 22.0 Å². The molecule has 4 N–H and O–H groups in total. The maximum Gasteiger partial charge on any atom is 0.319 e. The molecule has 0 spiro atoms. The predicted molar refractivity (Wildman–Crippen MR) is 122 cm³/mol. The molecule has 0 fully saturated rings. The number of nitrogens with zero attached hydrogens (tertiary/aromatic N) is 1. The van der Waals surface area contributed by atoms with Gasteiger partial charge in [-0.1, -0.05) is 6.07 Å². The van der Waals surface area contributed by atoms with E-state index in [0.717, 1.165) is 22.0 Å². The largest absolute Gasteiger partial charge is 0.490 e. The Labute approximate surface area is 185 Å². The lowest BCUT2D eigenvalue weighted by Gasteiger charge is -2.20. The van der Waals surface area contributed by atoms with Gasteiger partial charge < -0.3 is 25.4 Å². The van der Waals surface area contributed by atoms with Crippen molar-refractivity contribution < 1.29 is 19.1 Å². The molecule has 3 amide bonds. The van der Waals surface area contributed by atoms with Crippen LogP contribution in [0.15, 0.2) is 47.8 Å². The van der Waals surface area contributed by atoms with Crippen molar-refractivity contribution in [3.63, 3.8) is 0 Å². The molecule has 166 valence electrons. The number of rotatable bonds is 7. The van der Waals surface area contributed by atoms with Gasteiger partial charge in [0.2, 0.25) is 0 Å². The molecule has 2 heterocycles. The lowest BCUT2D eigenvalue weighted by molar-refractivity contribution is -0.113. The molecule has 0 saturated carbocycles. The summed E-state index contributed by atoms with van der Waals surface area (Å²) in [6, 6.07) is 9.06. The Hall–Kier alpha value is -4.01. The molecule has 0 atom stereocenters. The van der Waals surface area contributed by atoms with Gasteiger partial charge in [0.05, 0.1) is 37.0 Å². The first kappa shape index (κ1) is 21.2. The molecule has 4 rings (SSSR count). The van der Waals surface area contributed by atoms with Crippen LogP contribution in [-0.4, -0.2) is 41.9 Å². The SMILES string of the molecule is CCOc1ccc(-c2c(NC(=O)C3=C(C)NC(=O)NC3)ccc3[nH]ncc23)cc1OCC. The number of hydrogen-bond donors (Lipinski definition) is 4. The minimum Gasteiger partial charge on any atom is -0.490 e. The number of carbonyl (C=O) groups excluding carboxylic acids is 2. The highest BCUT2D eigenvalue weighted by atomic mass is 16.5. The highest BCUT2D eigenvalue weighted by molar-refractivity contribution is 6.11. The molecule has 1 aliphatic rings. The van der Waals surface area contributed by atoms with Gasteiger partial charge in [0.25, 0.3) is 5.91 Å². The summed E-state index contributed by atoms with van der Waals surface area (Å²) in [5.74, 6) is 0.991. The van der Waals surface area contributed by atoms with E-state index in [2.05, 4.69) is 26.1 Å². The first-order valence-corrected chi connectivity index (χ1v) is 10.4. The zero-order chi connectivity index (χ0) is 22.7. The van der Waals surface area contributed by atoms with Crippen LogP contribution < -0.4 is 25.4 Å². The van der Waals surface area contributed by atoms with Crippen molar-refractivity contribution in [3.05, 3.63) is 47.8 Å². The van der Waals surface area contributed by atoms with E-state index in [-0.39, 0.29) is 18.5 Å². The van der Waals surface area contributed by atoms with Crippen LogP contribution in [0.5, 0.6) is 11.5 Å². The van der Waals surface area contributed by atoms with Gasteiger partial charge in [-0.2, -0.15) is 5.10 Å². The fraction of sp³-hybridized carbons (Fsp3) is 0.261. The lowest BCUT2D eigenvalue weighted by atomic mass is 9.98. The molecular weight excluding hydrogens is 410 g/mol. The van der Waals surface area contributed by atoms with Crippen LogP contribution >= 0.6 is 0 Å². The van der Waals surface area contributed by atoms with Gasteiger partial charge in [-0.05, 0) is 50.6 Å². The van der Waals surface area contributed by atoms with Crippen LogP contribution in [-0.2, 0) is 4.79 Å². The van der Waals surface area contributed by atoms with E-state index in [9.17, 15) is 9.59 Å². The van der Waals surface area contributed by atoms with E-state index in [1.54, 1.807) is 13.1 Å². The van der Waals surface area contributed by atoms with Gasteiger partial charge in [-0.25, -0.2) is 4.79 Å². The van der Waals surface area contributed by atoms with Crippen LogP contribution in [0, 0.1) is 0 Å². The van der Waals surface area contributed by atoms with Gasteiger partial charge in [0.1, 0.15) is 0 Å². The zero-order valence-corrected chi connectivity index (χ0v) is 18.2. The van der Waals surface area contributed by atoms with Crippen molar-refractivity contribution in [1.82, 2.24) is 20.8 Å². The molecule has 9 heteroatoms. The van der Waals surface area contributed by atoms with Gasteiger partial charge in [0, 0.05) is 22.3 Å². The highest BCUT2D eigenvalue weighted by Gasteiger charge is 2.22. The third-order valence-corrected chi connectivity index (χ3v) is 5.16. The molecular formula is C23H25N5O4. The van der Waals surface area contributed by atoms with Crippen LogP contribution in [0.3, 0.4) is 0 Å². The van der Waals surface area contributed by atoms with Crippen molar-refractivity contribution in [2.24, 2.45) is 0 Å². The summed E-state index contributed by atoms with van der Waals surface area (Å²) in [5.41, 5.74) is 4.10. The van der Waals surface area contributed by atoms with E-state index in [0.29, 0.717) is 41.7 Å². The van der Waals surface area contributed by atoms with Crippen LogP contribution in [0.4, 0.5) is 10.5 Å². The Balaban J connectivity index is 1.78. The minimum atomic E-state index is -0.322. The number of amides is 3. The van der Waals surface area contributed by atoms with E-state index < -0.39 is 0 Å². The molecule has 0 unspecified atom stereocenters. The van der Waals surface area contributed by atoms with Crippen molar-refractivity contribution in [3.8, 4) is 22.6 Å². The molecule has 1 aliphatic heterocycles. The number of aromatic nitrogens is 2. The molecule has 3 aromatic rings. The number of aromatic amines is 1. The van der Waals surface area contributed by atoms with E-state index in [1.165, 1.54) is 0 Å². The van der Waals surface area contributed by atoms with Crippen molar-refractivity contribution >= 4 is 28.5 Å². The summed E-state index contributed by atoms with van der Waals surface area (Å²) in [5, 5.41) is 16.2. The summed E-state index contributed by atoms with van der Waals surface area (Å²) in [7, 11) is 0. The van der Waals surface area contributed by atoms with Crippen LogP contribution in [0.1, 0.15) is 20.8 Å². The second-order valence-corrected chi connectivity index (χ2v) is 7.21. The average Bonchev–Trinajstić information content (AvgIpc) is 3.24. The van der Waals surface area contributed by atoms with Gasteiger partial charge in [-0.15, -0.1) is 0 Å². The number of allylic oxidation sites excluding steroid dienone is 1. The molecule has 2 aromatic carbocycles. The fourth-order valence-corrected chi connectivity index (χ4v) is 3.68. The van der Waals surface area contributed by atoms with Gasteiger partial charge >= 0.3 is 6.03 Å². The summed E-state index contributed by atoms with van der Waals surface area (Å²) in [6.07, 6.45) is 1.73. The quantitative estimate of drug-likeness (QED) is 0.453. The summed E-state index contributed by atoms with van der Waals surface area (Å²) in [6.45, 7) is 6.71. The molecule has 1 aromatic heterocycles. The number of benzene rings is 2. The van der Waals surface area contributed by atoms with Crippen molar-refractivity contribution in [2.75, 3.05) is 25.1 Å². The van der Waals surface area contributed by atoms with Crippen molar-refractivity contribution in [1.29, 1.82) is 0 Å². The molecule has 32 heavy (non-hydrogen) atoms. The highest BCUT2D eigenvalue weighted by Crippen LogP contribution is 2.39. The molecule has 9 nitrogen and oxygen atoms in total. The molecule has 0 bridgehead atoms. The maximum absolute atomic E-state index is 13.0. The third-order valence-electron chi connectivity index (χ3n) is 5.16. The number of ether oxygens (including phenoxy) is 2. The Morgan fingerprint density at radius 2 is 1.91 bits per heavy atom. The lowest BCUT2D eigenvalue weighted by Crippen LogP contribution is -2.43. The van der Waals surface area contributed by atoms with Gasteiger partial charge in [-0.3, -0.25) is 9.89 Å². The number of carbonyl (C=O) groups is 2. The number of fused-ring (bicyclic) bond motifs is 1. The topological polar surface area (TPSA) is 117 Å². The summed E-state index contributed by atoms with van der Waals surface area (Å²) < 4.78 is 11.5. The van der Waals surface area contributed by atoms with Crippen LogP contribution in [0.2, 0.25) is 0 Å².